The summed E-state index contributed by atoms with van der Waals surface area (Å²) in [7, 11) is 0. The van der Waals surface area contributed by atoms with Crippen molar-refractivity contribution in [1.82, 2.24) is 5.32 Å². The van der Waals surface area contributed by atoms with Crippen LogP contribution in [-0.2, 0) is 12.8 Å². The van der Waals surface area contributed by atoms with Gasteiger partial charge in [0.1, 0.15) is 5.75 Å². The first kappa shape index (κ1) is 18.7. The van der Waals surface area contributed by atoms with E-state index in [0.29, 0.717) is 29.8 Å². The summed E-state index contributed by atoms with van der Waals surface area (Å²) in [5, 5.41) is 15.5. The number of ether oxygens (including phenoxy) is 1. The van der Waals surface area contributed by atoms with Crippen LogP contribution in [0.1, 0.15) is 36.1 Å². The van der Waals surface area contributed by atoms with Crippen molar-refractivity contribution in [2.45, 2.75) is 50.4 Å². The Labute approximate surface area is 161 Å². The number of hydrogen-bond donors (Lipinski definition) is 3. The smallest absolute Gasteiger partial charge is 0.319 e. The SMILES string of the molecule is C[C@]1(C(F)F)C[C@@H](NC(=O)Nc2cccc3c2C[C@H](O)C3)c2ccccc2O1. The number of hydrogen-bond acceptors (Lipinski definition) is 3. The van der Waals surface area contributed by atoms with E-state index in [1.807, 2.05) is 12.1 Å². The summed E-state index contributed by atoms with van der Waals surface area (Å²) in [6.45, 7) is 1.35. The molecule has 1 aliphatic heterocycles. The lowest BCUT2D eigenvalue weighted by Gasteiger charge is -2.39. The normalized spacial score (nSPS) is 25.6. The van der Waals surface area contributed by atoms with Crippen LogP contribution in [0.5, 0.6) is 5.75 Å². The van der Waals surface area contributed by atoms with Gasteiger partial charge >= 0.3 is 6.03 Å². The zero-order valence-corrected chi connectivity index (χ0v) is 15.4. The minimum absolute atomic E-state index is 0.0410. The van der Waals surface area contributed by atoms with Crippen molar-refractivity contribution in [1.29, 1.82) is 0 Å². The fourth-order valence-corrected chi connectivity index (χ4v) is 3.99. The lowest BCUT2D eigenvalue weighted by Crippen LogP contribution is -2.48. The molecule has 5 nitrogen and oxygen atoms in total. The average molecular weight is 388 g/mol. The third-order valence-corrected chi connectivity index (χ3v) is 5.43. The number of alkyl halides is 2. The summed E-state index contributed by atoms with van der Waals surface area (Å²) >= 11 is 0. The van der Waals surface area contributed by atoms with Crippen molar-refractivity contribution in [3.05, 3.63) is 59.2 Å². The predicted molar refractivity (Wildman–Crippen MR) is 101 cm³/mol. The monoisotopic (exact) mass is 388 g/mol. The molecule has 0 aromatic heterocycles. The first-order chi connectivity index (χ1) is 13.4. The number of aliphatic hydroxyl groups is 1. The molecule has 28 heavy (non-hydrogen) atoms. The number of urea groups is 1. The Morgan fingerprint density at radius 1 is 1.21 bits per heavy atom. The Balaban J connectivity index is 1.54. The maximum atomic E-state index is 13.6. The molecule has 2 amide bonds. The van der Waals surface area contributed by atoms with Crippen LogP contribution in [0.3, 0.4) is 0 Å². The van der Waals surface area contributed by atoms with Crippen molar-refractivity contribution >= 4 is 11.7 Å². The van der Waals surface area contributed by atoms with Gasteiger partial charge in [-0.15, -0.1) is 0 Å². The minimum Gasteiger partial charge on any atom is -0.481 e. The quantitative estimate of drug-likeness (QED) is 0.749. The Morgan fingerprint density at radius 3 is 2.79 bits per heavy atom. The Bertz CT molecular complexity index is 905. The third kappa shape index (κ3) is 3.42. The maximum absolute atomic E-state index is 13.6. The van der Waals surface area contributed by atoms with Crippen LogP contribution in [-0.4, -0.2) is 29.3 Å². The van der Waals surface area contributed by atoms with Gasteiger partial charge < -0.3 is 20.5 Å². The molecule has 7 heteroatoms. The Kier molecular flexibility index (Phi) is 4.71. The molecule has 0 bridgehead atoms. The number of benzene rings is 2. The van der Waals surface area contributed by atoms with Crippen molar-refractivity contribution in [3.63, 3.8) is 0 Å². The molecule has 0 saturated heterocycles. The predicted octanol–water partition coefficient (Wildman–Crippen LogP) is 3.82. The van der Waals surface area contributed by atoms with Crippen molar-refractivity contribution in [3.8, 4) is 5.75 Å². The topological polar surface area (TPSA) is 70.6 Å². The van der Waals surface area contributed by atoms with Crippen LogP contribution in [0, 0.1) is 0 Å². The standard InChI is InChI=1S/C21H22F2N2O3/c1-21(19(22)23)11-17(14-6-2-3-8-18(14)28-21)25-20(27)24-16-7-4-5-12-9-13(26)10-15(12)16/h2-8,13,17,19,26H,9-11H2,1H3,(H2,24,25,27)/t13-,17-,21-/m1/s1. The van der Waals surface area contributed by atoms with E-state index in [-0.39, 0.29) is 6.42 Å². The van der Waals surface area contributed by atoms with Gasteiger partial charge in [-0.25, -0.2) is 13.6 Å². The van der Waals surface area contributed by atoms with Gasteiger partial charge in [0.05, 0.1) is 12.1 Å². The molecule has 1 aliphatic carbocycles. The molecule has 2 aliphatic rings. The maximum Gasteiger partial charge on any atom is 0.319 e. The summed E-state index contributed by atoms with van der Waals surface area (Å²) in [5.74, 6) is 0.352. The van der Waals surface area contributed by atoms with E-state index in [1.54, 1.807) is 30.3 Å². The fourth-order valence-electron chi connectivity index (χ4n) is 3.99. The van der Waals surface area contributed by atoms with Crippen LogP contribution in [0.15, 0.2) is 42.5 Å². The summed E-state index contributed by atoms with van der Waals surface area (Å²) in [6, 6.07) is 11.3. The van der Waals surface area contributed by atoms with E-state index in [2.05, 4.69) is 10.6 Å². The highest BCUT2D eigenvalue weighted by atomic mass is 19.3. The van der Waals surface area contributed by atoms with E-state index >= 15 is 0 Å². The summed E-state index contributed by atoms with van der Waals surface area (Å²) in [4.78, 5) is 12.6. The summed E-state index contributed by atoms with van der Waals surface area (Å²) in [5.41, 5.74) is 1.54. The zero-order valence-electron chi connectivity index (χ0n) is 15.4. The fraction of sp³-hybridized carbons (Fsp3) is 0.381. The number of carbonyl (C=O) groups excluding carboxylic acids is 1. The lowest BCUT2D eigenvalue weighted by molar-refractivity contribution is -0.0824. The van der Waals surface area contributed by atoms with E-state index in [9.17, 15) is 18.7 Å². The molecule has 3 atom stereocenters. The van der Waals surface area contributed by atoms with Crippen LogP contribution >= 0.6 is 0 Å². The lowest BCUT2D eigenvalue weighted by atomic mass is 9.88. The molecule has 2 aromatic carbocycles. The first-order valence-corrected chi connectivity index (χ1v) is 9.28. The molecule has 0 radical (unpaired) electrons. The van der Waals surface area contributed by atoms with Gasteiger partial charge in [0.25, 0.3) is 6.43 Å². The van der Waals surface area contributed by atoms with E-state index in [0.717, 1.165) is 11.1 Å². The van der Waals surface area contributed by atoms with Crippen molar-refractivity contribution < 1.29 is 23.4 Å². The highest BCUT2D eigenvalue weighted by molar-refractivity contribution is 5.90. The van der Waals surface area contributed by atoms with Crippen molar-refractivity contribution in [2.24, 2.45) is 0 Å². The molecule has 1 heterocycles. The Hall–Kier alpha value is -2.67. The molecule has 0 fully saturated rings. The number of carbonyl (C=O) groups is 1. The average Bonchev–Trinajstić information content (AvgIpc) is 3.03. The Morgan fingerprint density at radius 2 is 2.00 bits per heavy atom. The molecule has 0 spiro atoms. The second-order valence-electron chi connectivity index (χ2n) is 7.61. The number of halogens is 2. The molecule has 4 rings (SSSR count). The number of nitrogens with one attached hydrogen (secondary N) is 2. The molecule has 3 N–H and O–H groups in total. The van der Waals surface area contributed by atoms with Crippen LogP contribution in [0.2, 0.25) is 0 Å². The molecular formula is C21H22F2N2O3. The van der Waals surface area contributed by atoms with Gasteiger partial charge in [0.15, 0.2) is 5.60 Å². The highest BCUT2D eigenvalue weighted by Crippen LogP contribution is 2.42. The van der Waals surface area contributed by atoms with Crippen LogP contribution in [0.25, 0.3) is 0 Å². The second kappa shape index (κ2) is 7.05. The molecule has 148 valence electrons. The second-order valence-corrected chi connectivity index (χ2v) is 7.61. The van der Waals surface area contributed by atoms with Gasteiger partial charge in [-0.1, -0.05) is 30.3 Å². The number of aliphatic hydroxyl groups excluding tert-OH is 1. The van der Waals surface area contributed by atoms with Gasteiger partial charge in [0.2, 0.25) is 0 Å². The van der Waals surface area contributed by atoms with E-state index < -0.39 is 30.2 Å². The number of rotatable bonds is 3. The van der Waals surface area contributed by atoms with Crippen molar-refractivity contribution in [2.75, 3.05) is 5.32 Å². The molecule has 2 aromatic rings. The molecule has 0 unspecified atom stereocenters. The largest absolute Gasteiger partial charge is 0.481 e. The third-order valence-electron chi connectivity index (χ3n) is 5.43. The molecular weight excluding hydrogens is 366 g/mol. The summed E-state index contributed by atoms with van der Waals surface area (Å²) in [6.07, 6.45) is -2.13. The van der Waals surface area contributed by atoms with Gasteiger partial charge in [-0.2, -0.15) is 0 Å². The first-order valence-electron chi connectivity index (χ1n) is 9.28. The number of anilines is 1. The number of fused-ring (bicyclic) bond motifs is 2. The van der Waals surface area contributed by atoms with Gasteiger partial charge in [-0.3, -0.25) is 0 Å². The molecule has 0 saturated carbocycles. The summed E-state index contributed by atoms with van der Waals surface area (Å²) < 4.78 is 32.7. The van der Waals surface area contributed by atoms with Gasteiger partial charge in [-0.05, 0) is 36.6 Å². The minimum atomic E-state index is -2.69. The van der Waals surface area contributed by atoms with E-state index in [1.165, 1.54) is 6.92 Å². The zero-order chi connectivity index (χ0) is 19.9. The van der Waals surface area contributed by atoms with E-state index in [4.69, 9.17) is 4.74 Å². The number of amides is 2. The highest BCUT2D eigenvalue weighted by Gasteiger charge is 2.44. The van der Waals surface area contributed by atoms with Crippen LogP contribution in [0.4, 0.5) is 19.3 Å². The van der Waals surface area contributed by atoms with Gasteiger partial charge in [0, 0.05) is 24.1 Å². The number of para-hydroxylation sites is 1. The van der Waals surface area contributed by atoms with Crippen LogP contribution < -0.4 is 15.4 Å².